The van der Waals surface area contributed by atoms with Crippen LogP contribution >= 0.6 is 11.8 Å². The molecule has 1 unspecified atom stereocenters. The van der Waals surface area contributed by atoms with E-state index in [0.29, 0.717) is 22.6 Å². The molecule has 184 valence electrons. The normalized spacial score (nSPS) is 11.5. The van der Waals surface area contributed by atoms with Crippen molar-refractivity contribution in [3.8, 4) is 17.4 Å². The van der Waals surface area contributed by atoms with Crippen LogP contribution in [0.15, 0.2) is 54.7 Å². The molecule has 1 aromatic heterocycles. The van der Waals surface area contributed by atoms with Gasteiger partial charge >= 0.3 is 0 Å². The molecule has 11 heteroatoms. The van der Waals surface area contributed by atoms with Crippen LogP contribution < -0.4 is 20.9 Å². The number of anilines is 1. The second-order valence-electron chi connectivity index (χ2n) is 7.35. The summed E-state index contributed by atoms with van der Waals surface area (Å²) < 4.78 is 32.0. The number of aromatic nitrogens is 1. The Hall–Kier alpha value is -3.89. The van der Waals surface area contributed by atoms with Gasteiger partial charge in [0.05, 0.1) is 25.5 Å². The molecule has 35 heavy (non-hydrogen) atoms. The highest BCUT2D eigenvalue weighted by atomic mass is 35.5. The summed E-state index contributed by atoms with van der Waals surface area (Å²) in [6.07, 6.45) is 0.153. The minimum Gasteiger partial charge on any atom is -0.497 e. The highest BCUT2D eigenvalue weighted by molar-refractivity contribution is 6.21. The van der Waals surface area contributed by atoms with Crippen molar-refractivity contribution in [2.45, 2.75) is 19.6 Å². The molecule has 1 amide bonds. The van der Waals surface area contributed by atoms with Crippen molar-refractivity contribution in [3.05, 3.63) is 77.2 Å². The third kappa shape index (κ3) is 6.37. The number of nitrogens with zero attached hydrogens (tertiary/aromatic N) is 2. The number of nitrogen functional groups attached to an aromatic ring is 2. The van der Waals surface area contributed by atoms with Crippen molar-refractivity contribution in [1.82, 2.24) is 9.40 Å². The molecular weight excluding hydrogens is 477 g/mol. The predicted octanol–water partition coefficient (Wildman–Crippen LogP) is 4.15. The zero-order chi connectivity index (χ0) is 25.5. The molecule has 0 bridgehead atoms. The highest BCUT2D eigenvalue weighted by Crippen LogP contribution is 2.31. The number of carbonyl (C=O) groups is 1. The van der Waals surface area contributed by atoms with Crippen LogP contribution in [0.4, 0.5) is 10.1 Å². The molecule has 2 aromatic carbocycles. The highest BCUT2D eigenvalue weighted by Gasteiger charge is 2.29. The Kier molecular flexibility index (Phi) is 8.45. The molecule has 0 spiro atoms. The van der Waals surface area contributed by atoms with Crippen molar-refractivity contribution < 1.29 is 23.4 Å². The molecule has 0 fully saturated rings. The fourth-order valence-corrected chi connectivity index (χ4v) is 3.39. The number of hydrogen-bond acceptors (Lipinski definition) is 7. The van der Waals surface area contributed by atoms with E-state index >= 15 is 0 Å². The maximum Gasteiger partial charge on any atom is 0.271 e. The van der Waals surface area contributed by atoms with Gasteiger partial charge in [-0.2, -0.15) is 0 Å². The van der Waals surface area contributed by atoms with Crippen LogP contribution in [0, 0.1) is 11.2 Å². The van der Waals surface area contributed by atoms with Crippen molar-refractivity contribution in [3.63, 3.8) is 0 Å². The van der Waals surface area contributed by atoms with E-state index in [9.17, 15) is 9.18 Å². The molecule has 0 radical (unpaired) electrons. The lowest BCUT2D eigenvalue weighted by Crippen LogP contribution is -2.30. The molecule has 3 aromatic rings. The number of amides is 1. The summed E-state index contributed by atoms with van der Waals surface area (Å²) in [6.45, 7) is 1.72. The quantitative estimate of drug-likeness (QED) is 0.215. The first-order chi connectivity index (χ1) is 16.7. The molecule has 0 aliphatic rings. The number of benzene rings is 2. The third-order valence-corrected chi connectivity index (χ3v) is 5.23. The Morgan fingerprint density at radius 2 is 2.00 bits per heavy atom. The van der Waals surface area contributed by atoms with E-state index < -0.39 is 17.8 Å². The molecule has 1 atom stereocenters. The molecule has 0 saturated carbocycles. The fourth-order valence-electron chi connectivity index (χ4n) is 3.18. The van der Waals surface area contributed by atoms with E-state index in [2.05, 4.69) is 4.98 Å². The maximum absolute atomic E-state index is 14.7. The number of halogens is 2. The predicted molar refractivity (Wildman–Crippen MR) is 130 cm³/mol. The molecule has 1 heterocycles. The average Bonchev–Trinajstić information content (AvgIpc) is 2.84. The van der Waals surface area contributed by atoms with Gasteiger partial charge in [-0.1, -0.05) is 12.1 Å². The number of hydrogen-bond donors (Lipinski definition) is 3. The van der Waals surface area contributed by atoms with Crippen molar-refractivity contribution >= 4 is 29.2 Å². The van der Waals surface area contributed by atoms with E-state index in [1.807, 2.05) is 0 Å². The van der Waals surface area contributed by atoms with Crippen molar-refractivity contribution in [2.75, 3.05) is 19.5 Å². The van der Waals surface area contributed by atoms with Gasteiger partial charge in [0.2, 0.25) is 5.88 Å². The summed E-state index contributed by atoms with van der Waals surface area (Å²) >= 11 is 6.36. The smallest absolute Gasteiger partial charge is 0.271 e. The first-order valence-electron chi connectivity index (χ1n) is 10.5. The number of methoxy groups -OCH3 is 1. The largest absolute Gasteiger partial charge is 0.497 e. The first kappa shape index (κ1) is 25.7. The van der Waals surface area contributed by atoms with E-state index in [4.69, 9.17) is 42.9 Å². The summed E-state index contributed by atoms with van der Waals surface area (Å²) in [5.74, 6) is -0.689. The van der Waals surface area contributed by atoms with Gasteiger partial charge in [0.1, 0.15) is 23.2 Å². The summed E-state index contributed by atoms with van der Waals surface area (Å²) in [7, 11) is 1.41. The van der Waals surface area contributed by atoms with Gasteiger partial charge in [0, 0.05) is 47.2 Å². The standard InChI is InChI=1S/C24H25ClFN5O4/c1-3-34-22(18-8-7-17(33-2)11-19(18)26)24(32)31(25)13-15-5-4-14(23(28)29)10-20(15)35-21-9-6-16(27)12-30-21/h4-12,22H,3,13,27H2,1-2H3,(H3,28,29). The van der Waals surface area contributed by atoms with Crippen molar-refractivity contribution in [2.24, 2.45) is 5.73 Å². The lowest BCUT2D eigenvalue weighted by molar-refractivity contribution is -0.139. The van der Waals surface area contributed by atoms with Crippen molar-refractivity contribution in [1.29, 1.82) is 5.41 Å². The van der Waals surface area contributed by atoms with Gasteiger partial charge in [0.15, 0.2) is 6.10 Å². The zero-order valence-electron chi connectivity index (χ0n) is 19.1. The lowest BCUT2D eigenvalue weighted by Gasteiger charge is -2.23. The van der Waals surface area contributed by atoms with Gasteiger partial charge in [-0.25, -0.2) is 13.8 Å². The zero-order valence-corrected chi connectivity index (χ0v) is 19.9. The molecule has 9 nitrogen and oxygen atoms in total. The number of nitrogens with one attached hydrogen (secondary N) is 1. The third-order valence-electron chi connectivity index (χ3n) is 4.95. The number of carbonyl (C=O) groups excluding carboxylic acids is 1. The van der Waals surface area contributed by atoms with E-state index in [1.54, 1.807) is 31.2 Å². The van der Waals surface area contributed by atoms with Gasteiger partial charge < -0.3 is 25.7 Å². The summed E-state index contributed by atoms with van der Waals surface area (Å²) in [4.78, 5) is 17.3. The molecule has 0 aliphatic heterocycles. The number of amidine groups is 1. The van der Waals surface area contributed by atoms with Gasteiger partial charge in [-0.3, -0.25) is 10.2 Å². The minimum absolute atomic E-state index is 0.0257. The number of rotatable bonds is 10. The Bertz CT molecular complexity index is 1210. The van der Waals surface area contributed by atoms with E-state index in [0.717, 1.165) is 4.42 Å². The van der Waals surface area contributed by atoms with Crippen LogP contribution in [0.1, 0.15) is 29.7 Å². The lowest BCUT2D eigenvalue weighted by atomic mass is 10.1. The molecular formula is C24H25ClFN5O4. The van der Waals surface area contributed by atoms with Gasteiger partial charge in [-0.05, 0) is 31.2 Å². The van der Waals surface area contributed by atoms with Crippen LogP contribution in [0.2, 0.25) is 0 Å². The van der Waals surface area contributed by atoms with E-state index in [1.165, 1.54) is 37.6 Å². The Morgan fingerprint density at radius 3 is 2.60 bits per heavy atom. The summed E-state index contributed by atoms with van der Waals surface area (Å²) in [6, 6.07) is 12.1. The second-order valence-corrected chi connectivity index (χ2v) is 7.76. The minimum atomic E-state index is -1.27. The van der Waals surface area contributed by atoms with Gasteiger partial charge in [0.25, 0.3) is 5.91 Å². The Labute approximate surface area is 207 Å². The monoisotopic (exact) mass is 501 g/mol. The number of pyridine rings is 1. The topological polar surface area (TPSA) is 137 Å². The Morgan fingerprint density at radius 1 is 1.23 bits per heavy atom. The van der Waals surface area contributed by atoms with Crippen LogP contribution in [0.5, 0.6) is 17.4 Å². The molecule has 3 rings (SSSR count). The first-order valence-corrected chi connectivity index (χ1v) is 10.9. The molecule has 0 aliphatic carbocycles. The molecule has 0 saturated heterocycles. The number of ether oxygens (including phenoxy) is 3. The van der Waals surface area contributed by atoms with Gasteiger partial charge in [-0.15, -0.1) is 0 Å². The van der Waals surface area contributed by atoms with Crippen LogP contribution in [-0.2, 0) is 16.1 Å². The second kappa shape index (κ2) is 11.5. The SMILES string of the molecule is CCOC(C(=O)N(Cl)Cc1ccc(C(=N)N)cc1Oc1ccc(N)cn1)c1ccc(OC)cc1F. The number of nitrogens with two attached hydrogens (primary N) is 2. The fraction of sp³-hybridized carbons (Fsp3) is 0.208. The average molecular weight is 502 g/mol. The summed E-state index contributed by atoms with van der Waals surface area (Å²) in [5, 5.41) is 7.71. The van der Waals surface area contributed by atoms with E-state index in [-0.39, 0.29) is 36.2 Å². The Balaban J connectivity index is 1.89. The van der Waals surface area contributed by atoms with Crippen LogP contribution in [0.25, 0.3) is 0 Å². The molecule has 5 N–H and O–H groups in total. The van der Waals surface area contributed by atoms with Crippen LogP contribution in [-0.4, -0.2) is 34.9 Å². The maximum atomic E-state index is 14.7. The summed E-state index contributed by atoms with van der Waals surface area (Å²) in [5.41, 5.74) is 12.7. The van der Waals surface area contributed by atoms with Crippen LogP contribution in [0.3, 0.4) is 0 Å².